The number of benzene rings is 1. The zero-order valence-electron chi connectivity index (χ0n) is 9.32. The first-order valence-electron chi connectivity index (χ1n) is 5.20. The van der Waals surface area contributed by atoms with E-state index in [0.29, 0.717) is 19.6 Å². The number of rotatable bonds is 6. The van der Waals surface area contributed by atoms with Gasteiger partial charge in [-0.3, -0.25) is 4.79 Å². The van der Waals surface area contributed by atoms with Crippen LogP contribution in [0.1, 0.15) is 12.0 Å². The molecular formula is C12H13N3O2. The topological polar surface area (TPSA) is 75.1 Å². The van der Waals surface area contributed by atoms with Crippen molar-refractivity contribution >= 4 is 5.91 Å². The van der Waals surface area contributed by atoms with Crippen molar-refractivity contribution in [3.05, 3.63) is 58.5 Å². The van der Waals surface area contributed by atoms with Crippen molar-refractivity contribution in [2.45, 2.75) is 13.0 Å². The molecule has 0 fully saturated rings. The van der Waals surface area contributed by atoms with Crippen LogP contribution in [0.3, 0.4) is 0 Å². The van der Waals surface area contributed by atoms with Gasteiger partial charge in [-0.2, -0.15) is 0 Å². The average molecular weight is 231 g/mol. The lowest BCUT2D eigenvalue weighted by atomic mass is 10.2. The molecule has 0 spiro atoms. The number of hydrogen-bond donors (Lipinski definition) is 0. The third-order valence-electron chi connectivity index (χ3n) is 1.94. The Balaban J connectivity index is 2.13. The Bertz CT molecular complexity index is 423. The highest BCUT2D eigenvalue weighted by molar-refractivity contribution is 5.88. The summed E-state index contributed by atoms with van der Waals surface area (Å²) in [6.45, 7) is 1.08. The lowest BCUT2D eigenvalue weighted by molar-refractivity contribution is -0.113. The minimum absolute atomic E-state index is 0.523. The Kier molecular flexibility index (Phi) is 6.18. The molecule has 0 aromatic heterocycles. The molecular weight excluding hydrogens is 218 g/mol. The fraction of sp³-hybridized carbons (Fsp3) is 0.250. The van der Waals surface area contributed by atoms with E-state index in [2.05, 4.69) is 10.0 Å². The van der Waals surface area contributed by atoms with Gasteiger partial charge in [-0.15, -0.1) is 0 Å². The molecule has 0 bridgehead atoms. The molecule has 0 N–H and O–H groups in total. The van der Waals surface area contributed by atoms with E-state index in [1.54, 1.807) is 6.08 Å². The second kappa shape index (κ2) is 8.10. The number of carbonyl (C=O) groups excluding carboxylic acids is 1. The highest BCUT2D eigenvalue weighted by Gasteiger charge is 1.91. The summed E-state index contributed by atoms with van der Waals surface area (Å²) in [5, 5.41) is 2.90. The van der Waals surface area contributed by atoms with Gasteiger partial charge in [-0.25, -0.2) is 0 Å². The van der Waals surface area contributed by atoms with E-state index in [0.717, 1.165) is 5.56 Å². The van der Waals surface area contributed by atoms with Crippen molar-refractivity contribution in [2.24, 2.45) is 5.11 Å². The van der Waals surface area contributed by atoms with Crippen molar-refractivity contribution in [3.63, 3.8) is 0 Å². The van der Waals surface area contributed by atoms with Crippen molar-refractivity contribution in [3.8, 4) is 0 Å². The lowest BCUT2D eigenvalue weighted by Crippen LogP contribution is -1.94. The number of ether oxygens (including phenoxy) is 1. The summed E-state index contributed by atoms with van der Waals surface area (Å²) in [6.07, 6.45) is 3.48. The lowest BCUT2D eigenvalue weighted by Gasteiger charge is -2.01. The Labute approximate surface area is 99.3 Å². The molecule has 0 radical (unpaired) electrons. The zero-order chi connectivity index (χ0) is 12.3. The van der Waals surface area contributed by atoms with Crippen molar-refractivity contribution in [1.82, 2.24) is 0 Å². The van der Waals surface area contributed by atoms with Crippen LogP contribution >= 0.6 is 0 Å². The van der Waals surface area contributed by atoms with E-state index in [9.17, 15) is 4.79 Å². The van der Waals surface area contributed by atoms with Crippen LogP contribution in [0.4, 0.5) is 0 Å². The zero-order valence-corrected chi connectivity index (χ0v) is 9.32. The van der Waals surface area contributed by atoms with Gasteiger partial charge in [0.25, 0.3) is 0 Å². The number of nitrogens with zero attached hydrogens (tertiary/aromatic N) is 3. The van der Waals surface area contributed by atoms with Gasteiger partial charge < -0.3 is 4.74 Å². The molecule has 0 unspecified atom stereocenters. The largest absolute Gasteiger partial charge is 0.376 e. The predicted octanol–water partition coefficient (Wildman–Crippen LogP) is 2.99. The maximum atomic E-state index is 10.7. The van der Waals surface area contributed by atoms with E-state index >= 15 is 0 Å². The van der Waals surface area contributed by atoms with E-state index < -0.39 is 5.91 Å². The summed E-state index contributed by atoms with van der Waals surface area (Å²) in [6, 6.07) is 9.84. The van der Waals surface area contributed by atoms with Gasteiger partial charge in [-0.05, 0) is 28.7 Å². The first-order valence-corrected chi connectivity index (χ1v) is 5.20. The Hall–Kier alpha value is -2.10. The molecule has 0 aliphatic carbocycles. The molecule has 0 aliphatic rings. The van der Waals surface area contributed by atoms with Crippen LogP contribution in [0.15, 0.2) is 47.6 Å². The minimum atomic E-state index is -0.587. The van der Waals surface area contributed by atoms with Gasteiger partial charge in [0, 0.05) is 4.91 Å². The number of hydrogen-bond acceptors (Lipinski definition) is 2. The van der Waals surface area contributed by atoms with Gasteiger partial charge in [0.2, 0.25) is 5.91 Å². The van der Waals surface area contributed by atoms with Gasteiger partial charge in [-0.1, -0.05) is 36.4 Å². The molecule has 17 heavy (non-hydrogen) atoms. The summed E-state index contributed by atoms with van der Waals surface area (Å²) < 4.78 is 5.40. The third-order valence-corrected chi connectivity index (χ3v) is 1.94. The van der Waals surface area contributed by atoms with Crippen LogP contribution in [-0.2, 0) is 16.1 Å². The first kappa shape index (κ1) is 13.0. The smallest absolute Gasteiger partial charge is 0.241 e. The summed E-state index contributed by atoms with van der Waals surface area (Å²) in [5.74, 6) is -0.587. The van der Waals surface area contributed by atoms with Crippen LogP contribution in [0.2, 0.25) is 0 Å². The van der Waals surface area contributed by atoms with E-state index in [-0.39, 0.29) is 0 Å². The number of carbonyl (C=O) groups is 1. The Morgan fingerprint density at radius 3 is 2.88 bits per heavy atom. The molecule has 0 saturated heterocycles. The van der Waals surface area contributed by atoms with Crippen molar-refractivity contribution in [2.75, 3.05) is 6.61 Å². The number of amides is 1. The third kappa shape index (κ3) is 6.14. The molecule has 88 valence electrons. The summed E-state index contributed by atoms with van der Waals surface area (Å²) in [4.78, 5) is 13.1. The van der Waals surface area contributed by atoms with Crippen molar-refractivity contribution in [1.29, 1.82) is 0 Å². The number of azide groups is 1. The maximum absolute atomic E-state index is 10.7. The van der Waals surface area contributed by atoms with Crippen LogP contribution < -0.4 is 0 Å². The molecule has 1 amide bonds. The molecule has 1 aromatic rings. The highest BCUT2D eigenvalue weighted by Crippen LogP contribution is 2.00. The van der Waals surface area contributed by atoms with Gasteiger partial charge in [0.15, 0.2) is 0 Å². The van der Waals surface area contributed by atoms with Gasteiger partial charge in [0.1, 0.15) is 0 Å². The average Bonchev–Trinajstić information content (AvgIpc) is 2.35. The second-order valence-corrected chi connectivity index (χ2v) is 3.26. The molecule has 0 saturated carbocycles. The van der Waals surface area contributed by atoms with Crippen LogP contribution in [0, 0.1) is 0 Å². The van der Waals surface area contributed by atoms with E-state index in [1.165, 1.54) is 6.08 Å². The van der Waals surface area contributed by atoms with Crippen molar-refractivity contribution < 1.29 is 9.53 Å². The normalized spacial score (nSPS) is 10.1. The molecule has 0 aliphatic heterocycles. The fourth-order valence-corrected chi connectivity index (χ4v) is 1.18. The molecule has 0 heterocycles. The van der Waals surface area contributed by atoms with Crippen LogP contribution in [0.5, 0.6) is 0 Å². The van der Waals surface area contributed by atoms with Crippen LogP contribution in [0.25, 0.3) is 10.4 Å². The summed E-state index contributed by atoms with van der Waals surface area (Å²) >= 11 is 0. The fourth-order valence-electron chi connectivity index (χ4n) is 1.18. The quantitative estimate of drug-likeness (QED) is 0.248. The van der Waals surface area contributed by atoms with Gasteiger partial charge in [0.05, 0.1) is 13.2 Å². The van der Waals surface area contributed by atoms with E-state index in [1.807, 2.05) is 30.3 Å². The summed E-state index contributed by atoms with van der Waals surface area (Å²) in [5.41, 5.74) is 9.10. The maximum Gasteiger partial charge on any atom is 0.241 e. The predicted molar refractivity (Wildman–Crippen MR) is 64.0 cm³/mol. The Morgan fingerprint density at radius 2 is 2.18 bits per heavy atom. The van der Waals surface area contributed by atoms with Crippen LogP contribution in [-0.4, -0.2) is 12.5 Å². The molecule has 5 heteroatoms. The Morgan fingerprint density at radius 1 is 1.41 bits per heavy atom. The first-order chi connectivity index (χ1) is 8.33. The standard InChI is InChI=1S/C12H13N3O2/c13-15-14-12(16)8-4-5-9-17-10-11-6-2-1-3-7-11/h1-4,6-8H,5,9-10H2/b8-4+. The minimum Gasteiger partial charge on any atom is -0.376 e. The molecule has 1 aromatic carbocycles. The van der Waals surface area contributed by atoms with E-state index in [4.69, 9.17) is 10.3 Å². The molecule has 5 nitrogen and oxygen atoms in total. The monoisotopic (exact) mass is 231 g/mol. The molecule has 1 rings (SSSR count). The SMILES string of the molecule is [N-]=[N+]=NC(=O)/C=C/CCOCc1ccccc1. The molecule has 0 atom stereocenters. The second-order valence-electron chi connectivity index (χ2n) is 3.26. The van der Waals surface area contributed by atoms with Gasteiger partial charge >= 0.3 is 0 Å². The highest BCUT2D eigenvalue weighted by atomic mass is 16.5. The summed E-state index contributed by atoms with van der Waals surface area (Å²) in [7, 11) is 0.